The smallest absolute Gasteiger partial charge is 0.154 e. The summed E-state index contributed by atoms with van der Waals surface area (Å²) in [5.41, 5.74) is 0. The van der Waals surface area contributed by atoms with Gasteiger partial charge in [0.15, 0.2) is 11.1 Å². The molecule has 0 spiro atoms. The van der Waals surface area contributed by atoms with Crippen LogP contribution in [0.3, 0.4) is 0 Å². The lowest BCUT2D eigenvalue weighted by molar-refractivity contribution is -0.121. The van der Waals surface area contributed by atoms with Crippen molar-refractivity contribution in [1.29, 1.82) is 0 Å². The first-order valence-corrected chi connectivity index (χ1v) is 5.27. The van der Waals surface area contributed by atoms with Gasteiger partial charge in [0, 0.05) is 32.5 Å². The van der Waals surface area contributed by atoms with Gasteiger partial charge in [0.2, 0.25) is 0 Å². The van der Waals surface area contributed by atoms with E-state index in [-0.39, 0.29) is 5.75 Å². The number of Topliss-reactive ketones (excluding diaryl/α,β-unsaturated/α-hetero) is 1. The maximum absolute atomic E-state index is 10.8. The largest absolute Gasteiger partial charge is 0.306 e. The van der Waals surface area contributed by atoms with E-state index in [1.807, 2.05) is 0 Å². The van der Waals surface area contributed by atoms with Crippen LogP contribution in [0.1, 0.15) is 12.8 Å². The zero-order valence-corrected chi connectivity index (χ0v) is 7.68. The number of carbonyl (C=O) groups excluding carboxylic acids is 1. The van der Waals surface area contributed by atoms with Crippen molar-refractivity contribution in [3.63, 3.8) is 0 Å². The molecular weight excluding hydrogens is 178 g/mol. The van der Waals surface area contributed by atoms with Crippen LogP contribution in [0.4, 0.5) is 0 Å². The van der Waals surface area contributed by atoms with Crippen molar-refractivity contribution in [3.8, 4) is 0 Å². The Morgan fingerprint density at radius 1 is 1.42 bits per heavy atom. The zero-order valence-electron chi connectivity index (χ0n) is 6.86. The molecule has 4 nitrogen and oxygen atoms in total. The number of piperidine rings is 1. The molecule has 0 bridgehead atoms. The number of nitrogens with zero attached hydrogens (tertiary/aromatic N) is 1. The Labute approximate surface area is 74.2 Å². The van der Waals surface area contributed by atoms with Gasteiger partial charge in [0.05, 0.1) is 5.75 Å². The lowest BCUT2D eigenvalue weighted by Gasteiger charge is -2.24. The van der Waals surface area contributed by atoms with Gasteiger partial charge in [-0.1, -0.05) is 0 Å². The summed E-state index contributed by atoms with van der Waals surface area (Å²) in [4.78, 5) is 12.9. The van der Waals surface area contributed by atoms with E-state index in [1.54, 1.807) is 0 Å². The average molecular weight is 191 g/mol. The Balaban J connectivity index is 2.17. The molecule has 0 aromatic heterocycles. The fourth-order valence-corrected chi connectivity index (χ4v) is 1.65. The van der Waals surface area contributed by atoms with E-state index in [1.165, 1.54) is 0 Å². The number of rotatable bonds is 3. The first-order valence-electron chi connectivity index (χ1n) is 4.00. The topological polar surface area (TPSA) is 57.6 Å². The molecule has 1 aliphatic heterocycles. The van der Waals surface area contributed by atoms with Crippen molar-refractivity contribution in [3.05, 3.63) is 0 Å². The maximum Gasteiger partial charge on any atom is 0.154 e. The number of likely N-dealkylation sites (tertiary alicyclic amines) is 1. The van der Waals surface area contributed by atoms with Crippen molar-refractivity contribution < 1.29 is 13.6 Å². The van der Waals surface area contributed by atoms with Gasteiger partial charge in [-0.15, -0.1) is 0 Å². The van der Waals surface area contributed by atoms with E-state index in [4.69, 9.17) is 4.55 Å². The molecule has 1 saturated heterocycles. The normalized spacial score (nSPS) is 22.6. The third kappa shape index (κ3) is 3.42. The lowest BCUT2D eigenvalue weighted by atomic mass is 10.1. The molecule has 1 N–H and O–H groups in total. The predicted octanol–water partition coefficient (Wildman–Crippen LogP) is -0.127. The van der Waals surface area contributed by atoms with Crippen LogP contribution in [-0.4, -0.2) is 44.8 Å². The summed E-state index contributed by atoms with van der Waals surface area (Å²) < 4.78 is 18.8. The number of hydrogen-bond acceptors (Lipinski definition) is 3. The average Bonchev–Trinajstić information content (AvgIpc) is 2.03. The highest BCUT2D eigenvalue weighted by Gasteiger charge is 2.15. The van der Waals surface area contributed by atoms with E-state index in [9.17, 15) is 9.00 Å². The third-order valence-corrected chi connectivity index (χ3v) is 2.53. The summed E-state index contributed by atoms with van der Waals surface area (Å²) in [5, 5.41) is 0. The first-order chi connectivity index (χ1) is 5.68. The van der Waals surface area contributed by atoms with Crippen LogP contribution in [-0.2, 0) is 15.9 Å². The maximum atomic E-state index is 10.8. The van der Waals surface area contributed by atoms with E-state index >= 15 is 0 Å². The van der Waals surface area contributed by atoms with Gasteiger partial charge < -0.3 is 9.45 Å². The van der Waals surface area contributed by atoms with Crippen LogP contribution in [0.25, 0.3) is 0 Å². The van der Waals surface area contributed by atoms with Crippen LogP contribution < -0.4 is 0 Å². The molecule has 12 heavy (non-hydrogen) atoms. The van der Waals surface area contributed by atoms with Crippen molar-refractivity contribution in [2.24, 2.45) is 0 Å². The second-order valence-corrected chi connectivity index (χ2v) is 3.96. The molecule has 1 heterocycles. The van der Waals surface area contributed by atoms with Gasteiger partial charge in [0.1, 0.15) is 5.78 Å². The van der Waals surface area contributed by atoms with Gasteiger partial charge in [0.25, 0.3) is 0 Å². The van der Waals surface area contributed by atoms with Crippen LogP contribution in [0.15, 0.2) is 0 Å². The molecule has 1 unspecified atom stereocenters. The summed E-state index contributed by atoms with van der Waals surface area (Å²) in [6.07, 6.45) is 1.19. The Morgan fingerprint density at radius 3 is 2.50 bits per heavy atom. The minimum absolute atomic E-state index is 0.286. The highest BCUT2D eigenvalue weighted by atomic mass is 32.2. The van der Waals surface area contributed by atoms with Crippen LogP contribution in [0.5, 0.6) is 0 Å². The van der Waals surface area contributed by atoms with Gasteiger partial charge in [-0.2, -0.15) is 0 Å². The SMILES string of the molecule is O=C1CCN(CCS(=O)O)CC1. The number of carbonyl (C=O) groups is 1. The molecular formula is C7H13NO3S. The second kappa shape index (κ2) is 4.69. The first kappa shape index (κ1) is 9.83. The highest BCUT2D eigenvalue weighted by Crippen LogP contribution is 2.04. The second-order valence-electron chi connectivity index (χ2n) is 2.91. The highest BCUT2D eigenvalue weighted by molar-refractivity contribution is 7.79. The molecule has 1 fully saturated rings. The Kier molecular flexibility index (Phi) is 3.84. The minimum atomic E-state index is -1.70. The summed E-state index contributed by atoms with van der Waals surface area (Å²) in [6.45, 7) is 2.11. The van der Waals surface area contributed by atoms with Crippen LogP contribution in [0.2, 0.25) is 0 Å². The molecule has 0 radical (unpaired) electrons. The molecule has 70 valence electrons. The van der Waals surface area contributed by atoms with E-state index < -0.39 is 11.1 Å². The van der Waals surface area contributed by atoms with Gasteiger partial charge in [-0.05, 0) is 0 Å². The lowest BCUT2D eigenvalue weighted by Crippen LogP contribution is -2.36. The standard InChI is InChI=1S/C7H13NO3S/c9-7-1-3-8(4-2-7)5-6-12(10)11/h1-6H2,(H,10,11). The molecule has 0 saturated carbocycles. The monoisotopic (exact) mass is 191 g/mol. The van der Waals surface area contributed by atoms with Gasteiger partial charge in [-0.3, -0.25) is 4.79 Å². The molecule has 0 aromatic carbocycles. The zero-order chi connectivity index (χ0) is 8.97. The molecule has 5 heteroatoms. The summed E-state index contributed by atoms with van der Waals surface area (Å²) in [7, 11) is 0. The van der Waals surface area contributed by atoms with Crippen molar-refractivity contribution >= 4 is 16.9 Å². The Hall–Kier alpha value is -0.260. The molecule has 0 amide bonds. The van der Waals surface area contributed by atoms with E-state index in [2.05, 4.69) is 4.90 Å². The van der Waals surface area contributed by atoms with E-state index in [0.717, 1.165) is 13.1 Å². The van der Waals surface area contributed by atoms with Crippen molar-refractivity contribution in [2.45, 2.75) is 12.8 Å². The van der Waals surface area contributed by atoms with Crippen LogP contribution >= 0.6 is 0 Å². The molecule has 0 aliphatic carbocycles. The molecule has 1 rings (SSSR count). The summed E-state index contributed by atoms with van der Waals surface area (Å²) >= 11 is -1.70. The minimum Gasteiger partial charge on any atom is -0.306 e. The third-order valence-electron chi connectivity index (χ3n) is 2.00. The Bertz CT molecular complexity index is 185. The molecule has 0 aromatic rings. The molecule has 1 aliphatic rings. The quantitative estimate of drug-likeness (QED) is 0.631. The van der Waals surface area contributed by atoms with Gasteiger partial charge in [-0.25, -0.2) is 4.21 Å². The number of hydrogen-bond donors (Lipinski definition) is 1. The van der Waals surface area contributed by atoms with Crippen molar-refractivity contribution in [2.75, 3.05) is 25.4 Å². The fraction of sp³-hybridized carbons (Fsp3) is 0.857. The molecule has 1 atom stereocenters. The van der Waals surface area contributed by atoms with Gasteiger partial charge >= 0.3 is 0 Å². The predicted molar refractivity (Wildman–Crippen MR) is 46.3 cm³/mol. The van der Waals surface area contributed by atoms with Crippen molar-refractivity contribution in [1.82, 2.24) is 4.90 Å². The Morgan fingerprint density at radius 2 is 2.00 bits per heavy atom. The number of ketones is 1. The fourth-order valence-electron chi connectivity index (χ4n) is 1.23. The van der Waals surface area contributed by atoms with E-state index in [0.29, 0.717) is 25.2 Å². The van der Waals surface area contributed by atoms with Crippen LogP contribution in [0, 0.1) is 0 Å². The summed E-state index contributed by atoms with van der Waals surface area (Å²) in [5.74, 6) is 0.588. The summed E-state index contributed by atoms with van der Waals surface area (Å²) in [6, 6.07) is 0.